The fourth-order valence-corrected chi connectivity index (χ4v) is 3.66. The van der Waals surface area contributed by atoms with Crippen molar-refractivity contribution < 1.29 is 0 Å². The van der Waals surface area contributed by atoms with Gasteiger partial charge in [-0.25, -0.2) is 0 Å². The molecule has 2 nitrogen and oxygen atoms in total. The lowest BCUT2D eigenvalue weighted by Crippen LogP contribution is -2.22. The van der Waals surface area contributed by atoms with Crippen LogP contribution in [0.2, 0.25) is 5.02 Å². The Hall–Kier alpha value is -0.550. The summed E-state index contributed by atoms with van der Waals surface area (Å²) < 4.78 is 1.16. The molecule has 2 rings (SSSR count). The average molecular weight is 374 g/mol. The largest absolute Gasteiger partial charge is 0.370 e. The van der Waals surface area contributed by atoms with E-state index in [0.29, 0.717) is 0 Å². The summed E-state index contributed by atoms with van der Waals surface area (Å²) in [5.74, 6) is 0. The maximum atomic E-state index is 6.34. The van der Waals surface area contributed by atoms with E-state index < -0.39 is 0 Å². The van der Waals surface area contributed by atoms with E-state index in [2.05, 4.69) is 45.4 Å². The van der Waals surface area contributed by atoms with E-state index in [9.17, 15) is 0 Å². The lowest BCUT2D eigenvalue weighted by atomic mass is 10.0. The van der Waals surface area contributed by atoms with Crippen molar-refractivity contribution in [3.63, 3.8) is 0 Å². The number of benzene rings is 1. The van der Waals surface area contributed by atoms with Crippen LogP contribution in [0.5, 0.6) is 0 Å². The van der Waals surface area contributed by atoms with Crippen molar-refractivity contribution in [3.8, 4) is 0 Å². The molecule has 1 unspecified atom stereocenters. The zero-order valence-electron chi connectivity index (χ0n) is 11.6. The van der Waals surface area contributed by atoms with Gasteiger partial charge in [-0.15, -0.1) is 11.3 Å². The van der Waals surface area contributed by atoms with Gasteiger partial charge in [-0.1, -0.05) is 17.7 Å². The van der Waals surface area contributed by atoms with Gasteiger partial charge in [0.25, 0.3) is 0 Å². The maximum absolute atomic E-state index is 6.34. The summed E-state index contributed by atoms with van der Waals surface area (Å²) in [5.41, 5.74) is 9.50. The molecule has 0 radical (unpaired) electrons. The molecule has 108 valence electrons. The first-order valence-electron chi connectivity index (χ1n) is 6.44. The van der Waals surface area contributed by atoms with Crippen LogP contribution in [0.15, 0.2) is 33.4 Å². The van der Waals surface area contributed by atoms with E-state index in [-0.39, 0.29) is 6.04 Å². The van der Waals surface area contributed by atoms with Crippen molar-refractivity contribution in [1.29, 1.82) is 0 Å². The number of rotatable bonds is 5. The molecule has 0 saturated carbocycles. The van der Waals surface area contributed by atoms with E-state index in [1.165, 1.54) is 5.56 Å². The van der Waals surface area contributed by atoms with Crippen molar-refractivity contribution in [1.82, 2.24) is 0 Å². The molecule has 1 atom stereocenters. The van der Waals surface area contributed by atoms with Crippen LogP contribution in [-0.2, 0) is 13.0 Å². The first-order chi connectivity index (χ1) is 9.47. The predicted molar refractivity (Wildman–Crippen MR) is 92.9 cm³/mol. The quantitative estimate of drug-likeness (QED) is 0.823. The molecular formula is C15H18BrClN2S. The summed E-state index contributed by atoms with van der Waals surface area (Å²) >= 11 is 11.5. The second-order valence-electron chi connectivity index (χ2n) is 5.03. The molecular weight excluding hydrogens is 356 g/mol. The van der Waals surface area contributed by atoms with Gasteiger partial charge in [0.2, 0.25) is 0 Å². The molecule has 2 aromatic rings. The third kappa shape index (κ3) is 3.98. The molecule has 0 aliphatic heterocycles. The SMILES string of the molecule is CC(N)Cc1c(Cl)cccc1N(C)Cc1csc(Br)c1. The van der Waals surface area contributed by atoms with Crippen LogP contribution in [0, 0.1) is 0 Å². The number of thiophene rings is 1. The van der Waals surface area contributed by atoms with Gasteiger partial charge in [-0.05, 0) is 64.0 Å². The zero-order chi connectivity index (χ0) is 14.7. The number of hydrogen-bond acceptors (Lipinski definition) is 3. The highest BCUT2D eigenvalue weighted by Gasteiger charge is 2.13. The van der Waals surface area contributed by atoms with Crippen molar-refractivity contribution in [2.75, 3.05) is 11.9 Å². The molecule has 1 aromatic heterocycles. The predicted octanol–water partition coefficient (Wildman–Crippen LogP) is 4.69. The van der Waals surface area contributed by atoms with E-state index >= 15 is 0 Å². The molecule has 5 heteroatoms. The number of nitrogens with two attached hydrogens (primary N) is 1. The van der Waals surface area contributed by atoms with E-state index in [1.54, 1.807) is 11.3 Å². The van der Waals surface area contributed by atoms with Crippen LogP contribution >= 0.6 is 38.9 Å². The Bertz CT molecular complexity index is 583. The van der Waals surface area contributed by atoms with Crippen molar-refractivity contribution >= 4 is 44.6 Å². The first kappa shape index (κ1) is 15.8. The van der Waals surface area contributed by atoms with Gasteiger partial charge in [-0.2, -0.15) is 0 Å². The van der Waals surface area contributed by atoms with Gasteiger partial charge < -0.3 is 10.6 Å². The molecule has 0 spiro atoms. The topological polar surface area (TPSA) is 29.3 Å². The van der Waals surface area contributed by atoms with E-state index in [1.807, 2.05) is 19.1 Å². The van der Waals surface area contributed by atoms with Crippen molar-refractivity contribution in [2.45, 2.75) is 25.9 Å². The standard InChI is InChI=1S/C15H18BrClN2S/c1-10(18)6-12-13(17)4-3-5-14(12)19(2)8-11-7-15(16)20-9-11/h3-5,7,9-10H,6,8,18H2,1-2H3. The molecule has 20 heavy (non-hydrogen) atoms. The Labute approximate surface area is 137 Å². The molecule has 0 aliphatic rings. The first-order valence-corrected chi connectivity index (χ1v) is 8.49. The number of halogens is 2. The monoisotopic (exact) mass is 372 g/mol. The molecule has 1 aromatic carbocycles. The highest BCUT2D eigenvalue weighted by molar-refractivity contribution is 9.11. The molecule has 0 bridgehead atoms. The highest BCUT2D eigenvalue weighted by Crippen LogP contribution is 2.30. The molecule has 0 fully saturated rings. The van der Waals surface area contributed by atoms with Gasteiger partial charge in [-0.3, -0.25) is 0 Å². The van der Waals surface area contributed by atoms with Crippen LogP contribution in [0.25, 0.3) is 0 Å². The second-order valence-corrected chi connectivity index (χ2v) is 7.73. The van der Waals surface area contributed by atoms with Gasteiger partial charge in [0, 0.05) is 30.3 Å². The summed E-state index contributed by atoms with van der Waals surface area (Å²) in [6.45, 7) is 2.86. The zero-order valence-corrected chi connectivity index (χ0v) is 14.7. The Morgan fingerprint density at radius 3 is 2.80 bits per heavy atom. The molecule has 0 aliphatic carbocycles. The lowest BCUT2D eigenvalue weighted by Gasteiger charge is -2.23. The lowest BCUT2D eigenvalue weighted by molar-refractivity contribution is 0.734. The summed E-state index contributed by atoms with van der Waals surface area (Å²) in [6, 6.07) is 8.26. The average Bonchev–Trinajstić information content (AvgIpc) is 2.76. The third-order valence-electron chi connectivity index (χ3n) is 3.07. The Kier molecular flexibility index (Phi) is 5.49. The summed E-state index contributed by atoms with van der Waals surface area (Å²) in [4.78, 5) is 2.22. The van der Waals surface area contributed by atoms with Gasteiger partial charge in [0.1, 0.15) is 0 Å². The van der Waals surface area contributed by atoms with Gasteiger partial charge in [0.15, 0.2) is 0 Å². The van der Waals surface area contributed by atoms with Gasteiger partial charge in [0.05, 0.1) is 3.79 Å². The van der Waals surface area contributed by atoms with Crippen LogP contribution in [-0.4, -0.2) is 13.1 Å². The summed E-state index contributed by atoms with van der Waals surface area (Å²) in [7, 11) is 2.09. The van der Waals surface area contributed by atoms with Crippen LogP contribution in [0.3, 0.4) is 0 Å². The molecule has 2 N–H and O–H groups in total. The molecule has 0 amide bonds. The van der Waals surface area contributed by atoms with E-state index in [0.717, 1.165) is 33.0 Å². The highest BCUT2D eigenvalue weighted by atomic mass is 79.9. The van der Waals surface area contributed by atoms with Crippen LogP contribution < -0.4 is 10.6 Å². The minimum absolute atomic E-state index is 0.0948. The minimum atomic E-state index is 0.0948. The van der Waals surface area contributed by atoms with Crippen LogP contribution in [0.4, 0.5) is 5.69 Å². The normalized spacial score (nSPS) is 12.4. The Morgan fingerprint density at radius 2 is 2.20 bits per heavy atom. The minimum Gasteiger partial charge on any atom is -0.370 e. The maximum Gasteiger partial charge on any atom is 0.0701 e. The van der Waals surface area contributed by atoms with Gasteiger partial charge >= 0.3 is 0 Å². The molecule has 0 saturated heterocycles. The Balaban J connectivity index is 2.24. The second kappa shape index (κ2) is 6.94. The van der Waals surface area contributed by atoms with Crippen molar-refractivity contribution in [3.05, 3.63) is 49.6 Å². The number of hydrogen-bond donors (Lipinski definition) is 1. The smallest absolute Gasteiger partial charge is 0.0701 e. The fraction of sp³-hybridized carbons (Fsp3) is 0.333. The third-order valence-corrected chi connectivity index (χ3v) is 4.98. The summed E-state index contributed by atoms with van der Waals surface area (Å²) in [5, 5.41) is 2.95. The number of anilines is 1. The fourth-order valence-electron chi connectivity index (χ4n) is 2.22. The van der Waals surface area contributed by atoms with Crippen molar-refractivity contribution in [2.24, 2.45) is 5.73 Å². The molecule has 1 heterocycles. The summed E-state index contributed by atoms with van der Waals surface area (Å²) in [6.07, 6.45) is 0.784. The Morgan fingerprint density at radius 1 is 1.45 bits per heavy atom. The number of nitrogens with zero attached hydrogens (tertiary/aromatic N) is 1. The van der Waals surface area contributed by atoms with E-state index in [4.69, 9.17) is 17.3 Å². The van der Waals surface area contributed by atoms with Crippen LogP contribution in [0.1, 0.15) is 18.1 Å².